The molecule has 130 valence electrons. The van der Waals surface area contributed by atoms with Gasteiger partial charge >= 0.3 is 0 Å². The highest BCUT2D eigenvalue weighted by Crippen LogP contribution is 2.24. The van der Waals surface area contributed by atoms with Gasteiger partial charge < -0.3 is 9.80 Å². The second-order valence-electron chi connectivity index (χ2n) is 7.23. The molecule has 3 rings (SSSR count). The van der Waals surface area contributed by atoms with Gasteiger partial charge in [0.15, 0.2) is 0 Å². The van der Waals surface area contributed by atoms with Crippen molar-refractivity contribution < 1.29 is 9.59 Å². The van der Waals surface area contributed by atoms with E-state index in [-0.39, 0.29) is 5.91 Å². The van der Waals surface area contributed by atoms with E-state index in [9.17, 15) is 9.59 Å². The zero-order chi connectivity index (χ0) is 16.9. The zero-order valence-corrected chi connectivity index (χ0v) is 14.7. The van der Waals surface area contributed by atoms with Gasteiger partial charge in [-0.05, 0) is 57.1 Å². The molecule has 2 heterocycles. The van der Waals surface area contributed by atoms with Crippen molar-refractivity contribution in [2.45, 2.75) is 45.4 Å². The minimum absolute atomic E-state index is 0.140. The number of nitrogens with zero attached hydrogens (tertiary/aromatic N) is 2. The van der Waals surface area contributed by atoms with Gasteiger partial charge in [0.1, 0.15) is 0 Å². The molecule has 4 nitrogen and oxygen atoms in total. The molecule has 0 aliphatic carbocycles. The highest BCUT2D eigenvalue weighted by molar-refractivity contribution is 5.94. The molecule has 2 aliphatic rings. The Morgan fingerprint density at radius 3 is 2.21 bits per heavy atom. The Hall–Kier alpha value is -1.84. The summed E-state index contributed by atoms with van der Waals surface area (Å²) in [6, 6.07) is 7.81. The van der Waals surface area contributed by atoms with Crippen molar-refractivity contribution in [3.63, 3.8) is 0 Å². The van der Waals surface area contributed by atoms with Crippen molar-refractivity contribution in [1.82, 2.24) is 9.80 Å². The van der Waals surface area contributed by atoms with Crippen LogP contribution in [0.1, 0.15) is 54.4 Å². The summed E-state index contributed by atoms with van der Waals surface area (Å²) in [6.45, 7) is 5.55. The highest BCUT2D eigenvalue weighted by Gasteiger charge is 2.25. The number of rotatable bonds is 4. The first-order chi connectivity index (χ1) is 11.6. The number of amides is 2. The van der Waals surface area contributed by atoms with Crippen molar-refractivity contribution >= 4 is 11.8 Å². The molecule has 1 aromatic carbocycles. The van der Waals surface area contributed by atoms with Crippen molar-refractivity contribution in [2.75, 3.05) is 26.2 Å². The van der Waals surface area contributed by atoms with Crippen LogP contribution in [0, 0.1) is 12.8 Å². The lowest BCUT2D eigenvalue weighted by atomic mass is 9.91. The Balaban J connectivity index is 1.42. The van der Waals surface area contributed by atoms with Crippen molar-refractivity contribution in [3.05, 3.63) is 35.4 Å². The number of likely N-dealkylation sites (tertiary alicyclic amines) is 2. The van der Waals surface area contributed by atoms with Gasteiger partial charge in [0.05, 0.1) is 0 Å². The van der Waals surface area contributed by atoms with Crippen molar-refractivity contribution in [1.29, 1.82) is 0 Å². The predicted octanol–water partition coefficient (Wildman–Crippen LogP) is 3.25. The second kappa shape index (κ2) is 7.82. The number of carbonyl (C=O) groups is 2. The Labute approximate surface area is 144 Å². The maximum absolute atomic E-state index is 12.5. The summed E-state index contributed by atoms with van der Waals surface area (Å²) in [5, 5.41) is 0. The monoisotopic (exact) mass is 328 g/mol. The normalized spacial score (nSPS) is 18.9. The van der Waals surface area contributed by atoms with E-state index in [1.807, 2.05) is 41.0 Å². The van der Waals surface area contributed by atoms with Crippen LogP contribution >= 0.6 is 0 Å². The maximum Gasteiger partial charge on any atom is 0.253 e. The molecule has 0 unspecified atom stereocenters. The lowest BCUT2D eigenvalue weighted by molar-refractivity contribution is -0.130. The van der Waals surface area contributed by atoms with E-state index in [0.717, 1.165) is 63.8 Å². The topological polar surface area (TPSA) is 40.6 Å². The maximum atomic E-state index is 12.5. The first-order valence-electron chi connectivity index (χ1n) is 9.27. The zero-order valence-electron chi connectivity index (χ0n) is 14.7. The summed E-state index contributed by atoms with van der Waals surface area (Å²) in [4.78, 5) is 28.6. The molecular formula is C20H28N2O2. The molecule has 0 saturated carbocycles. The molecule has 2 saturated heterocycles. The fourth-order valence-corrected chi connectivity index (χ4v) is 3.76. The third-order valence-electron chi connectivity index (χ3n) is 5.43. The molecule has 2 fully saturated rings. The van der Waals surface area contributed by atoms with Crippen LogP contribution in [0.5, 0.6) is 0 Å². The minimum Gasteiger partial charge on any atom is -0.343 e. The van der Waals surface area contributed by atoms with Gasteiger partial charge in [-0.15, -0.1) is 0 Å². The summed E-state index contributed by atoms with van der Waals surface area (Å²) in [5.41, 5.74) is 1.95. The second-order valence-corrected chi connectivity index (χ2v) is 7.23. The summed E-state index contributed by atoms with van der Waals surface area (Å²) in [6.07, 6.45) is 6.00. The first kappa shape index (κ1) is 17.0. The average molecular weight is 328 g/mol. The lowest BCUT2D eigenvalue weighted by Crippen LogP contribution is -2.38. The van der Waals surface area contributed by atoms with E-state index in [2.05, 4.69) is 0 Å². The third-order valence-corrected chi connectivity index (χ3v) is 5.43. The van der Waals surface area contributed by atoms with Crippen LogP contribution in [0.4, 0.5) is 0 Å². The Morgan fingerprint density at radius 1 is 0.958 bits per heavy atom. The quantitative estimate of drug-likeness (QED) is 0.851. The van der Waals surface area contributed by atoms with Crippen LogP contribution in [-0.2, 0) is 4.79 Å². The van der Waals surface area contributed by atoms with Crippen molar-refractivity contribution in [2.24, 2.45) is 5.92 Å². The van der Waals surface area contributed by atoms with Gasteiger partial charge in [-0.1, -0.05) is 17.7 Å². The predicted molar refractivity (Wildman–Crippen MR) is 94.9 cm³/mol. The molecule has 0 N–H and O–H groups in total. The van der Waals surface area contributed by atoms with Crippen LogP contribution in [0.15, 0.2) is 24.3 Å². The number of hydrogen-bond acceptors (Lipinski definition) is 2. The average Bonchev–Trinajstić information content (AvgIpc) is 3.15. The Bertz CT molecular complexity index is 568. The van der Waals surface area contributed by atoms with Gasteiger partial charge in [-0.3, -0.25) is 9.59 Å². The fraction of sp³-hybridized carbons (Fsp3) is 0.600. The van der Waals surface area contributed by atoms with Gasteiger partial charge in [0.2, 0.25) is 5.91 Å². The number of aryl methyl sites for hydroxylation is 1. The summed E-state index contributed by atoms with van der Waals surface area (Å²) in [7, 11) is 0. The molecule has 0 radical (unpaired) electrons. The van der Waals surface area contributed by atoms with Crippen LogP contribution in [-0.4, -0.2) is 47.8 Å². The molecule has 4 heteroatoms. The molecule has 0 spiro atoms. The van der Waals surface area contributed by atoms with E-state index in [0.29, 0.717) is 18.2 Å². The minimum atomic E-state index is 0.140. The number of benzene rings is 1. The fourth-order valence-electron chi connectivity index (χ4n) is 3.76. The van der Waals surface area contributed by atoms with E-state index < -0.39 is 0 Å². The summed E-state index contributed by atoms with van der Waals surface area (Å²) in [5.74, 6) is 1.05. The standard InChI is InChI=1S/C20H28N2O2/c1-16-4-7-18(8-5-16)20(24)22-14-10-17(11-15-22)6-9-19(23)21-12-2-3-13-21/h4-5,7-8,17H,2-3,6,9-15H2,1H3. The summed E-state index contributed by atoms with van der Waals surface area (Å²) >= 11 is 0. The molecule has 24 heavy (non-hydrogen) atoms. The van der Waals surface area contributed by atoms with E-state index >= 15 is 0 Å². The number of piperidine rings is 1. The highest BCUT2D eigenvalue weighted by atomic mass is 16.2. The molecule has 0 atom stereocenters. The molecule has 0 aromatic heterocycles. The van der Waals surface area contributed by atoms with Crippen LogP contribution in [0.2, 0.25) is 0 Å². The molecule has 1 aromatic rings. The van der Waals surface area contributed by atoms with Gasteiger partial charge in [-0.2, -0.15) is 0 Å². The van der Waals surface area contributed by atoms with Gasteiger partial charge in [0, 0.05) is 38.2 Å². The number of hydrogen-bond donors (Lipinski definition) is 0. The Morgan fingerprint density at radius 2 is 1.58 bits per heavy atom. The van der Waals surface area contributed by atoms with Crippen molar-refractivity contribution in [3.8, 4) is 0 Å². The lowest BCUT2D eigenvalue weighted by Gasteiger charge is -2.32. The van der Waals surface area contributed by atoms with Gasteiger partial charge in [-0.25, -0.2) is 0 Å². The largest absolute Gasteiger partial charge is 0.343 e. The first-order valence-corrected chi connectivity index (χ1v) is 9.27. The van der Waals surface area contributed by atoms with E-state index in [1.54, 1.807) is 0 Å². The SMILES string of the molecule is Cc1ccc(C(=O)N2CCC(CCC(=O)N3CCCC3)CC2)cc1. The molecular weight excluding hydrogens is 300 g/mol. The van der Waals surface area contributed by atoms with Crippen LogP contribution in [0.25, 0.3) is 0 Å². The summed E-state index contributed by atoms with van der Waals surface area (Å²) < 4.78 is 0. The van der Waals surface area contributed by atoms with Crippen LogP contribution < -0.4 is 0 Å². The van der Waals surface area contributed by atoms with E-state index in [4.69, 9.17) is 0 Å². The van der Waals surface area contributed by atoms with Gasteiger partial charge in [0.25, 0.3) is 5.91 Å². The van der Waals surface area contributed by atoms with E-state index in [1.165, 1.54) is 5.56 Å². The third kappa shape index (κ3) is 4.16. The number of carbonyl (C=O) groups excluding carboxylic acids is 2. The smallest absolute Gasteiger partial charge is 0.253 e. The van der Waals surface area contributed by atoms with Crippen LogP contribution in [0.3, 0.4) is 0 Å². The Kier molecular flexibility index (Phi) is 5.54. The molecule has 2 aliphatic heterocycles. The molecule has 2 amide bonds. The molecule has 0 bridgehead atoms.